The van der Waals surface area contributed by atoms with Crippen LogP contribution in [0.3, 0.4) is 0 Å². The van der Waals surface area contributed by atoms with E-state index in [2.05, 4.69) is 33.0 Å². The Hall–Kier alpha value is -1.21. The van der Waals surface area contributed by atoms with E-state index >= 15 is 0 Å². The molecule has 1 aromatic rings. The van der Waals surface area contributed by atoms with Gasteiger partial charge < -0.3 is 10.2 Å². The third-order valence-corrected chi connectivity index (χ3v) is 5.42. The molecule has 0 saturated carbocycles. The van der Waals surface area contributed by atoms with Crippen LogP contribution >= 0.6 is 11.8 Å². The van der Waals surface area contributed by atoms with E-state index in [4.69, 9.17) is 0 Å². The fraction of sp³-hybridized carbons (Fsp3) is 0.750. The molecular weight excluding hydrogens is 310 g/mol. The SMILES string of the molecule is CCCCN1CCn2nc(CNC(=O)N3CCSCC3)cc2C1. The molecule has 3 heterocycles. The summed E-state index contributed by atoms with van der Waals surface area (Å²) < 4.78 is 2.10. The first kappa shape index (κ1) is 16.6. The minimum absolute atomic E-state index is 0.0424. The van der Waals surface area contributed by atoms with Gasteiger partial charge in [-0.1, -0.05) is 13.3 Å². The van der Waals surface area contributed by atoms with Crippen molar-refractivity contribution in [3.63, 3.8) is 0 Å². The number of unbranched alkanes of at least 4 members (excludes halogenated alkanes) is 1. The van der Waals surface area contributed by atoms with E-state index in [1.165, 1.54) is 25.1 Å². The minimum atomic E-state index is 0.0424. The summed E-state index contributed by atoms with van der Waals surface area (Å²) in [6, 6.07) is 2.19. The monoisotopic (exact) mass is 337 g/mol. The molecule has 1 saturated heterocycles. The first-order chi connectivity index (χ1) is 11.3. The van der Waals surface area contributed by atoms with E-state index in [0.717, 1.165) is 49.9 Å². The van der Waals surface area contributed by atoms with Crippen molar-refractivity contribution < 1.29 is 4.79 Å². The van der Waals surface area contributed by atoms with Gasteiger partial charge >= 0.3 is 6.03 Å². The third kappa shape index (κ3) is 4.41. The Kier molecular flexibility index (Phi) is 5.83. The van der Waals surface area contributed by atoms with E-state index in [0.29, 0.717) is 6.54 Å². The van der Waals surface area contributed by atoms with Gasteiger partial charge in [0.2, 0.25) is 0 Å². The summed E-state index contributed by atoms with van der Waals surface area (Å²) in [4.78, 5) is 16.5. The Morgan fingerprint density at radius 1 is 1.30 bits per heavy atom. The highest BCUT2D eigenvalue weighted by molar-refractivity contribution is 7.99. The van der Waals surface area contributed by atoms with Crippen molar-refractivity contribution >= 4 is 17.8 Å². The number of thioether (sulfide) groups is 1. The number of amides is 2. The first-order valence-electron chi connectivity index (χ1n) is 8.64. The molecule has 0 spiro atoms. The summed E-state index contributed by atoms with van der Waals surface area (Å²) in [5.41, 5.74) is 2.24. The number of aromatic nitrogens is 2. The van der Waals surface area contributed by atoms with E-state index < -0.39 is 0 Å². The zero-order chi connectivity index (χ0) is 16.1. The molecule has 0 aromatic carbocycles. The largest absolute Gasteiger partial charge is 0.332 e. The second kappa shape index (κ2) is 8.06. The van der Waals surface area contributed by atoms with Gasteiger partial charge in [-0.05, 0) is 19.0 Å². The van der Waals surface area contributed by atoms with Gasteiger partial charge in [0, 0.05) is 37.7 Å². The fourth-order valence-corrected chi connectivity index (χ4v) is 3.99. The summed E-state index contributed by atoms with van der Waals surface area (Å²) in [5, 5.41) is 7.65. The Morgan fingerprint density at radius 3 is 2.91 bits per heavy atom. The lowest BCUT2D eigenvalue weighted by atomic mass is 10.2. The Labute approximate surface area is 142 Å². The molecule has 3 rings (SSSR count). The molecule has 1 N–H and O–H groups in total. The van der Waals surface area contributed by atoms with Crippen molar-refractivity contribution in [1.29, 1.82) is 0 Å². The Morgan fingerprint density at radius 2 is 2.13 bits per heavy atom. The zero-order valence-electron chi connectivity index (χ0n) is 14.0. The third-order valence-electron chi connectivity index (χ3n) is 4.47. The highest BCUT2D eigenvalue weighted by Crippen LogP contribution is 2.14. The van der Waals surface area contributed by atoms with Crippen molar-refractivity contribution in [2.75, 3.05) is 37.7 Å². The number of nitrogens with one attached hydrogen (secondary N) is 1. The number of hydrogen-bond donors (Lipinski definition) is 1. The maximum Gasteiger partial charge on any atom is 0.317 e. The van der Waals surface area contributed by atoms with Gasteiger partial charge in [0.05, 0.1) is 24.5 Å². The lowest BCUT2D eigenvalue weighted by Crippen LogP contribution is -2.44. The predicted molar refractivity (Wildman–Crippen MR) is 93.5 cm³/mol. The maximum atomic E-state index is 12.1. The molecule has 0 atom stereocenters. The van der Waals surface area contributed by atoms with Gasteiger partial charge in [-0.3, -0.25) is 9.58 Å². The highest BCUT2D eigenvalue weighted by atomic mass is 32.2. The molecule has 128 valence electrons. The lowest BCUT2D eigenvalue weighted by molar-refractivity contribution is 0.202. The molecule has 0 bridgehead atoms. The van der Waals surface area contributed by atoms with Gasteiger partial charge in [-0.15, -0.1) is 0 Å². The van der Waals surface area contributed by atoms with Gasteiger partial charge in [0.15, 0.2) is 0 Å². The molecular formula is C16H27N5OS. The average molecular weight is 337 g/mol. The summed E-state index contributed by atoms with van der Waals surface area (Å²) in [7, 11) is 0. The van der Waals surface area contributed by atoms with Crippen LogP contribution in [0.15, 0.2) is 6.07 Å². The molecule has 2 aliphatic heterocycles. The second-order valence-electron chi connectivity index (χ2n) is 6.24. The number of carbonyl (C=O) groups is 1. The zero-order valence-corrected chi connectivity index (χ0v) is 14.8. The van der Waals surface area contributed by atoms with Crippen molar-refractivity contribution in [2.24, 2.45) is 0 Å². The van der Waals surface area contributed by atoms with Gasteiger partial charge in [0.1, 0.15) is 0 Å². The van der Waals surface area contributed by atoms with Crippen LogP contribution in [0.1, 0.15) is 31.2 Å². The number of nitrogens with zero attached hydrogens (tertiary/aromatic N) is 4. The van der Waals surface area contributed by atoms with Gasteiger partial charge in [-0.25, -0.2) is 4.79 Å². The molecule has 0 unspecified atom stereocenters. The van der Waals surface area contributed by atoms with E-state index in [1.807, 2.05) is 16.7 Å². The number of urea groups is 1. The van der Waals surface area contributed by atoms with Crippen LogP contribution in [0.4, 0.5) is 4.79 Å². The van der Waals surface area contributed by atoms with Crippen LogP contribution in [-0.2, 0) is 19.6 Å². The first-order valence-corrected chi connectivity index (χ1v) is 9.80. The van der Waals surface area contributed by atoms with Crippen LogP contribution in [0.25, 0.3) is 0 Å². The number of carbonyl (C=O) groups excluding carboxylic acids is 1. The Bertz CT molecular complexity index is 527. The van der Waals surface area contributed by atoms with Crippen LogP contribution in [-0.4, -0.2) is 63.3 Å². The van der Waals surface area contributed by atoms with Crippen molar-refractivity contribution in [2.45, 2.75) is 39.4 Å². The summed E-state index contributed by atoms with van der Waals surface area (Å²) >= 11 is 1.91. The Balaban J connectivity index is 1.50. The molecule has 1 fully saturated rings. The standard InChI is InChI=1S/C16H27N5OS/c1-2-3-4-19-5-6-21-15(13-19)11-14(18-21)12-17-16(22)20-7-9-23-10-8-20/h11H,2-10,12-13H2,1H3,(H,17,22). The highest BCUT2D eigenvalue weighted by Gasteiger charge is 2.19. The normalized spacial score (nSPS) is 18.7. The molecule has 2 aliphatic rings. The molecule has 0 aliphatic carbocycles. The van der Waals surface area contributed by atoms with E-state index in [1.54, 1.807) is 0 Å². The minimum Gasteiger partial charge on any atom is -0.332 e. The molecule has 1 aromatic heterocycles. The van der Waals surface area contributed by atoms with E-state index in [9.17, 15) is 4.79 Å². The smallest absolute Gasteiger partial charge is 0.317 e. The molecule has 0 radical (unpaired) electrons. The lowest BCUT2D eigenvalue weighted by Gasteiger charge is -2.27. The van der Waals surface area contributed by atoms with Crippen LogP contribution in [0.5, 0.6) is 0 Å². The average Bonchev–Trinajstić information content (AvgIpc) is 3.00. The molecule has 7 heteroatoms. The van der Waals surface area contributed by atoms with Crippen LogP contribution < -0.4 is 5.32 Å². The van der Waals surface area contributed by atoms with Crippen LogP contribution in [0, 0.1) is 0 Å². The van der Waals surface area contributed by atoms with Crippen molar-refractivity contribution in [3.8, 4) is 0 Å². The van der Waals surface area contributed by atoms with Gasteiger partial charge in [0.25, 0.3) is 0 Å². The van der Waals surface area contributed by atoms with Crippen LogP contribution in [0.2, 0.25) is 0 Å². The topological polar surface area (TPSA) is 53.4 Å². The molecule has 23 heavy (non-hydrogen) atoms. The predicted octanol–water partition coefficient (Wildman–Crippen LogP) is 1.76. The molecule has 6 nitrogen and oxygen atoms in total. The summed E-state index contributed by atoms with van der Waals surface area (Å²) in [5.74, 6) is 2.08. The summed E-state index contributed by atoms with van der Waals surface area (Å²) in [6.07, 6.45) is 2.49. The number of rotatable bonds is 5. The van der Waals surface area contributed by atoms with Gasteiger partial charge in [-0.2, -0.15) is 16.9 Å². The quantitative estimate of drug-likeness (QED) is 0.889. The maximum absolute atomic E-state index is 12.1. The fourth-order valence-electron chi connectivity index (χ4n) is 3.08. The number of fused-ring (bicyclic) bond motifs is 1. The molecule has 2 amide bonds. The van der Waals surface area contributed by atoms with E-state index in [-0.39, 0.29) is 6.03 Å². The van der Waals surface area contributed by atoms with Crippen molar-refractivity contribution in [1.82, 2.24) is 24.9 Å². The summed E-state index contributed by atoms with van der Waals surface area (Å²) in [6.45, 7) is 8.63. The second-order valence-corrected chi connectivity index (χ2v) is 7.46. The number of hydrogen-bond acceptors (Lipinski definition) is 4. The van der Waals surface area contributed by atoms with Crippen molar-refractivity contribution in [3.05, 3.63) is 17.5 Å².